The third-order valence-corrected chi connectivity index (χ3v) is 3.84. The SMILES string of the molecule is NC(=O)C1CCN(Cc2cccc(C(N)=S)c2)CC1. The molecule has 4 nitrogen and oxygen atoms in total. The molecule has 2 rings (SSSR count). The lowest BCUT2D eigenvalue weighted by atomic mass is 9.96. The first-order valence-electron chi connectivity index (χ1n) is 6.46. The number of primary amides is 1. The van der Waals surface area contributed by atoms with Gasteiger partial charge in [-0.3, -0.25) is 9.69 Å². The van der Waals surface area contributed by atoms with Crippen molar-refractivity contribution in [3.8, 4) is 0 Å². The average molecular weight is 277 g/mol. The van der Waals surface area contributed by atoms with Crippen LogP contribution in [-0.4, -0.2) is 28.9 Å². The Morgan fingerprint density at radius 2 is 2.00 bits per heavy atom. The van der Waals surface area contributed by atoms with Crippen LogP contribution in [0.4, 0.5) is 0 Å². The van der Waals surface area contributed by atoms with Gasteiger partial charge in [-0.15, -0.1) is 0 Å². The Bertz CT molecular complexity index is 481. The summed E-state index contributed by atoms with van der Waals surface area (Å²) >= 11 is 4.98. The molecule has 102 valence electrons. The van der Waals surface area contributed by atoms with Gasteiger partial charge in [0.15, 0.2) is 0 Å². The summed E-state index contributed by atoms with van der Waals surface area (Å²) in [5, 5.41) is 0. The van der Waals surface area contributed by atoms with E-state index in [4.69, 9.17) is 23.7 Å². The lowest BCUT2D eigenvalue weighted by Crippen LogP contribution is -2.38. The zero-order chi connectivity index (χ0) is 13.8. The molecule has 19 heavy (non-hydrogen) atoms. The molecular formula is C14H19N3OS. The van der Waals surface area contributed by atoms with E-state index in [2.05, 4.69) is 11.0 Å². The van der Waals surface area contributed by atoms with Crippen molar-refractivity contribution < 1.29 is 4.79 Å². The molecule has 0 bridgehead atoms. The van der Waals surface area contributed by atoms with Crippen LogP contribution in [0.15, 0.2) is 24.3 Å². The fourth-order valence-electron chi connectivity index (χ4n) is 2.46. The number of rotatable bonds is 4. The Labute approximate surface area is 118 Å². The number of hydrogen-bond donors (Lipinski definition) is 2. The van der Waals surface area contributed by atoms with Gasteiger partial charge in [-0.25, -0.2) is 0 Å². The van der Waals surface area contributed by atoms with Crippen LogP contribution in [0.25, 0.3) is 0 Å². The predicted octanol–water partition coefficient (Wildman–Crippen LogP) is 1.02. The van der Waals surface area contributed by atoms with Gasteiger partial charge in [-0.1, -0.05) is 30.4 Å². The highest BCUT2D eigenvalue weighted by atomic mass is 32.1. The Morgan fingerprint density at radius 1 is 1.32 bits per heavy atom. The fourth-order valence-corrected chi connectivity index (χ4v) is 2.58. The van der Waals surface area contributed by atoms with Crippen molar-refractivity contribution in [3.05, 3.63) is 35.4 Å². The van der Waals surface area contributed by atoms with Crippen LogP contribution in [0, 0.1) is 5.92 Å². The molecule has 4 N–H and O–H groups in total. The van der Waals surface area contributed by atoms with E-state index in [9.17, 15) is 4.79 Å². The van der Waals surface area contributed by atoms with Crippen molar-refractivity contribution in [2.75, 3.05) is 13.1 Å². The van der Waals surface area contributed by atoms with Crippen molar-refractivity contribution in [2.24, 2.45) is 17.4 Å². The van der Waals surface area contributed by atoms with Crippen molar-refractivity contribution in [2.45, 2.75) is 19.4 Å². The molecule has 5 heteroatoms. The van der Waals surface area contributed by atoms with Gasteiger partial charge >= 0.3 is 0 Å². The van der Waals surface area contributed by atoms with Gasteiger partial charge in [0.2, 0.25) is 5.91 Å². The third-order valence-electron chi connectivity index (χ3n) is 3.61. The van der Waals surface area contributed by atoms with Crippen LogP contribution < -0.4 is 11.5 Å². The monoisotopic (exact) mass is 277 g/mol. The van der Waals surface area contributed by atoms with E-state index in [1.54, 1.807) is 0 Å². The first-order chi connectivity index (χ1) is 9.06. The highest BCUT2D eigenvalue weighted by Gasteiger charge is 2.22. The minimum absolute atomic E-state index is 0.0409. The summed E-state index contributed by atoms with van der Waals surface area (Å²) in [5.41, 5.74) is 13.1. The summed E-state index contributed by atoms with van der Waals surface area (Å²) < 4.78 is 0. The molecule has 0 radical (unpaired) electrons. The molecule has 1 aliphatic heterocycles. The largest absolute Gasteiger partial charge is 0.389 e. The molecule has 0 atom stereocenters. The molecule has 1 heterocycles. The van der Waals surface area contributed by atoms with Crippen LogP contribution in [-0.2, 0) is 11.3 Å². The van der Waals surface area contributed by atoms with Gasteiger partial charge in [0.25, 0.3) is 0 Å². The second-order valence-corrected chi connectivity index (χ2v) is 5.46. The maximum atomic E-state index is 11.1. The summed E-state index contributed by atoms with van der Waals surface area (Å²) in [4.78, 5) is 13.9. The van der Waals surface area contributed by atoms with E-state index in [0.717, 1.165) is 38.0 Å². The first-order valence-corrected chi connectivity index (χ1v) is 6.87. The molecule has 1 saturated heterocycles. The van der Waals surface area contributed by atoms with Gasteiger partial charge < -0.3 is 11.5 Å². The van der Waals surface area contributed by atoms with Gasteiger partial charge in [-0.05, 0) is 37.6 Å². The van der Waals surface area contributed by atoms with E-state index in [1.165, 1.54) is 5.56 Å². The van der Waals surface area contributed by atoms with E-state index >= 15 is 0 Å². The minimum atomic E-state index is -0.171. The molecule has 1 aromatic rings. The molecular weight excluding hydrogens is 258 g/mol. The Morgan fingerprint density at radius 3 is 2.58 bits per heavy atom. The standard InChI is InChI=1S/C14H19N3OS/c15-13(18)11-4-6-17(7-5-11)9-10-2-1-3-12(8-10)14(16)19/h1-3,8,11H,4-7,9H2,(H2,15,18)(H2,16,19). The second-order valence-electron chi connectivity index (χ2n) is 5.02. The molecule has 0 unspecified atom stereocenters. The van der Waals surface area contributed by atoms with Crippen molar-refractivity contribution >= 4 is 23.1 Å². The number of piperidine rings is 1. The fraction of sp³-hybridized carbons (Fsp3) is 0.429. The number of benzene rings is 1. The molecule has 1 aromatic carbocycles. The Hall–Kier alpha value is -1.46. The molecule has 1 fully saturated rings. The summed E-state index contributed by atoms with van der Waals surface area (Å²) in [6, 6.07) is 8.00. The van der Waals surface area contributed by atoms with E-state index in [0.29, 0.717) is 4.99 Å². The zero-order valence-electron chi connectivity index (χ0n) is 10.8. The average Bonchev–Trinajstić information content (AvgIpc) is 2.39. The number of nitrogens with two attached hydrogens (primary N) is 2. The Kier molecular flexibility index (Phi) is 4.50. The summed E-state index contributed by atoms with van der Waals surface area (Å²) in [6.45, 7) is 2.68. The number of amides is 1. The molecule has 0 aliphatic carbocycles. The highest BCUT2D eigenvalue weighted by molar-refractivity contribution is 7.80. The normalized spacial score (nSPS) is 17.3. The number of nitrogens with zero attached hydrogens (tertiary/aromatic N) is 1. The lowest BCUT2D eigenvalue weighted by molar-refractivity contribution is -0.123. The van der Waals surface area contributed by atoms with Crippen molar-refractivity contribution in [3.63, 3.8) is 0 Å². The number of thiocarbonyl (C=S) groups is 1. The van der Waals surface area contributed by atoms with Gasteiger partial charge in [0.1, 0.15) is 4.99 Å². The van der Waals surface area contributed by atoms with Crippen LogP contribution in [0.3, 0.4) is 0 Å². The van der Waals surface area contributed by atoms with E-state index < -0.39 is 0 Å². The molecule has 1 amide bonds. The summed E-state index contributed by atoms with van der Waals surface area (Å²) in [6.07, 6.45) is 1.70. The van der Waals surface area contributed by atoms with Gasteiger partial charge in [0, 0.05) is 18.0 Å². The maximum absolute atomic E-state index is 11.1. The topological polar surface area (TPSA) is 72.4 Å². The number of hydrogen-bond acceptors (Lipinski definition) is 3. The summed E-state index contributed by atoms with van der Waals surface area (Å²) in [5.74, 6) is -0.130. The zero-order valence-corrected chi connectivity index (χ0v) is 11.7. The van der Waals surface area contributed by atoms with Crippen molar-refractivity contribution in [1.29, 1.82) is 0 Å². The highest BCUT2D eigenvalue weighted by Crippen LogP contribution is 2.19. The van der Waals surface area contributed by atoms with Gasteiger partial charge in [-0.2, -0.15) is 0 Å². The smallest absolute Gasteiger partial charge is 0.220 e. The number of likely N-dealkylation sites (tertiary alicyclic amines) is 1. The van der Waals surface area contributed by atoms with Crippen LogP contribution in [0.2, 0.25) is 0 Å². The van der Waals surface area contributed by atoms with Crippen molar-refractivity contribution in [1.82, 2.24) is 4.90 Å². The van der Waals surface area contributed by atoms with Crippen LogP contribution in [0.5, 0.6) is 0 Å². The second kappa shape index (κ2) is 6.12. The van der Waals surface area contributed by atoms with E-state index in [-0.39, 0.29) is 11.8 Å². The molecule has 0 saturated carbocycles. The predicted molar refractivity (Wildman–Crippen MR) is 79.5 cm³/mol. The van der Waals surface area contributed by atoms with Gasteiger partial charge in [0.05, 0.1) is 0 Å². The Balaban J connectivity index is 1.94. The van der Waals surface area contributed by atoms with Crippen LogP contribution in [0.1, 0.15) is 24.0 Å². The quantitative estimate of drug-likeness (QED) is 0.806. The third kappa shape index (κ3) is 3.75. The first kappa shape index (κ1) is 14.0. The van der Waals surface area contributed by atoms with Crippen LogP contribution >= 0.6 is 12.2 Å². The molecule has 0 spiro atoms. The number of carbonyl (C=O) groups excluding carboxylic acids is 1. The number of carbonyl (C=O) groups is 1. The van der Waals surface area contributed by atoms with E-state index in [1.807, 2.05) is 18.2 Å². The molecule has 0 aromatic heterocycles. The summed E-state index contributed by atoms with van der Waals surface area (Å²) in [7, 11) is 0. The maximum Gasteiger partial charge on any atom is 0.220 e. The lowest BCUT2D eigenvalue weighted by Gasteiger charge is -2.30. The minimum Gasteiger partial charge on any atom is -0.389 e. The molecule has 1 aliphatic rings.